The van der Waals surface area contributed by atoms with Crippen LogP contribution in [0.15, 0.2) is 122 Å². The minimum atomic E-state index is -3.70. The van der Waals surface area contributed by atoms with E-state index in [0.29, 0.717) is 6.16 Å². The molecule has 0 fully saturated rings. The number of hydrogen-bond donors (Lipinski definition) is 0. The van der Waals surface area contributed by atoms with E-state index in [0.717, 1.165) is 27.0 Å². The van der Waals surface area contributed by atoms with Gasteiger partial charge in [0.15, 0.2) is 0 Å². The average molecular weight is 439 g/mol. The third-order valence-electron chi connectivity index (χ3n) is 5.94. The Balaban J connectivity index is 2.15. The summed E-state index contributed by atoms with van der Waals surface area (Å²) in [5.74, 6) is -0.290. The van der Waals surface area contributed by atoms with E-state index >= 15 is 0 Å². The minimum absolute atomic E-state index is 0.290. The predicted octanol–water partition coefficient (Wildman–Crippen LogP) is 5.84. The van der Waals surface area contributed by atoms with Gasteiger partial charge in [0.1, 0.15) is 0 Å². The van der Waals surface area contributed by atoms with E-state index in [-0.39, 0.29) is 5.97 Å². The van der Waals surface area contributed by atoms with Crippen LogP contribution in [0.25, 0.3) is 6.08 Å². The average Bonchev–Trinajstić information content (AvgIpc) is 2.85. The molecule has 0 aromatic heterocycles. The summed E-state index contributed by atoms with van der Waals surface area (Å²) < 4.78 is 6.72. The van der Waals surface area contributed by atoms with E-state index < -0.39 is 6.83 Å². The van der Waals surface area contributed by atoms with Crippen LogP contribution in [0.4, 0.5) is 0 Å². The monoisotopic (exact) mass is 438 g/mol. The molecular formula is C29H27O2P. The zero-order chi connectivity index (χ0) is 22.5. The van der Waals surface area contributed by atoms with Crippen LogP contribution in [0.2, 0.25) is 0 Å². The molecular weight excluding hydrogens is 411 g/mol. The molecule has 4 aromatic carbocycles. The van der Waals surface area contributed by atoms with E-state index in [1.165, 1.54) is 6.92 Å². The van der Waals surface area contributed by atoms with Gasteiger partial charge in [-0.1, -0.05) is 0 Å². The van der Waals surface area contributed by atoms with Crippen LogP contribution >= 0.6 is 6.83 Å². The molecule has 160 valence electrons. The van der Waals surface area contributed by atoms with Crippen molar-refractivity contribution in [3.63, 3.8) is 0 Å². The summed E-state index contributed by atoms with van der Waals surface area (Å²) in [7, 11) is 0. The van der Waals surface area contributed by atoms with Gasteiger partial charge in [-0.2, -0.15) is 0 Å². The van der Waals surface area contributed by atoms with Gasteiger partial charge < -0.3 is 0 Å². The maximum absolute atomic E-state index is 12.9. The Morgan fingerprint density at radius 2 is 1.12 bits per heavy atom. The Labute approximate surface area is 190 Å². The van der Waals surface area contributed by atoms with Crippen LogP contribution in [0.1, 0.15) is 18.1 Å². The summed E-state index contributed by atoms with van der Waals surface area (Å²) in [6, 6.07) is 39.0. The molecule has 0 unspecified atom stereocenters. The van der Waals surface area contributed by atoms with Gasteiger partial charge in [-0.15, -0.1) is 0 Å². The molecule has 0 bridgehead atoms. The Bertz CT molecular complexity index is 1100. The standard InChI is InChI=1S/C29H27O2P/c1-3-25-19-21-26(22-20-25)23-32(31-24(2)30,27-13-7-4-8-14-27,28-15-9-5-10-16-28)29-17-11-6-12-18-29/h3-22H,1,23H2,2H3. The van der Waals surface area contributed by atoms with Gasteiger partial charge in [0.25, 0.3) is 0 Å². The quantitative estimate of drug-likeness (QED) is 0.339. The molecule has 3 heteroatoms. The second-order valence-electron chi connectivity index (χ2n) is 7.91. The molecule has 0 aliphatic rings. The number of hydrogen-bond acceptors (Lipinski definition) is 2. The molecule has 0 aliphatic carbocycles. The molecule has 2 nitrogen and oxygen atoms in total. The van der Waals surface area contributed by atoms with Crippen LogP contribution in [-0.2, 0) is 15.5 Å². The Morgan fingerprint density at radius 1 is 0.719 bits per heavy atom. The second kappa shape index (κ2) is 8.94. The predicted molar refractivity (Wildman–Crippen MR) is 137 cm³/mol. The van der Waals surface area contributed by atoms with Gasteiger partial charge in [0.2, 0.25) is 0 Å². The fourth-order valence-electron chi connectivity index (χ4n) is 4.53. The molecule has 0 heterocycles. The van der Waals surface area contributed by atoms with Crippen molar-refractivity contribution in [3.8, 4) is 0 Å². The van der Waals surface area contributed by atoms with Crippen molar-refractivity contribution in [1.29, 1.82) is 0 Å². The fourth-order valence-corrected chi connectivity index (χ4v) is 10.2. The molecule has 0 saturated heterocycles. The summed E-state index contributed by atoms with van der Waals surface area (Å²) in [5.41, 5.74) is 2.16. The number of carbonyl (C=O) groups is 1. The van der Waals surface area contributed by atoms with E-state index in [9.17, 15) is 4.79 Å². The number of rotatable bonds is 7. The number of benzene rings is 4. The number of carbonyl (C=O) groups excluding carboxylic acids is 1. The van der Waals surface area contributed by atoms with E-state index in [2.05, 4.69) is 67.2 Å². The summed E-state index contributed by atoms with van der Waals surface area (Å²) >= 11 is 0. The van der Waals surface area contributed by atoms with Crippen LogP contribution in [0.3, 0.4) is 0 Å². The molecule has 0 saturated carbocycles. The third kappa shape index (κ3) is 3.68. The second-order valence-corrected chi connectivity index (χ2v) is 12.4. The molecule has 4 aromatic rings. The van der Waals surface area contributed by atoms with Crippen molar-refractivity contribution in [2.45, 2.75) is 13.1 Å². The van der Waals surface area contributed by atoms with E-state index in [1.54, 1.807) is 0 Å². The molecule has 0 amide bonds. The summed E-state index contributed by atoms with van der Waals surface area (Å²) in [6.07, 6.45) is 2.40. The van der Waals surface area contributed by atoms with Crippen molar-refractivity contribution >= 4 is 34.8 Å². The first-order chi connectivity index (χ1) is 15.6. The molecule has 4 rings (SSSR count). The van der Waals surface area contributed by atoms with Crippen LogP contribution in [-0.4, -0.2) is 5.97 Å². The molecule has 0 spiro atoms. The van der Waals surface area contributed by atoms with Crippen molar-refractivity contribution in [3.05, 3.63) is 133 Å². The van der Waals surface area contributed by atoms with Gasteiger partial charge in [-0.25, -0.2) is 0 Å². The van der Waals surface area contributed by atoms with Gasteiger partial charge >= 0.3 is 190 Å². The first kappa shape index (κ1) is 21.7. The van der Waals surface area contributed by atoms with Crippen molar-refractivity contribution in [2.24, 2.45) is 0 Å². The summed E-state index contributed by atoms with van der Waals surface area (Å²) in [4.78, 5) is 12.9. The van der Waals surface area contributed by atoms with Gasteiger partial charge in [-0.3, -0.25) is 0 Å². The molecule has 0 aliphatic heterocycles. The fraction of sp³-hybridized carbons (Fsp3) is 0.0690. The van der Waals surface area contributed by atoms with Crippen LogP contribution in [0, 0.1) is 0 Å². The normalized spacial score (nSPS) is 12.3. The molecule has 0 N–H and O–H groups in total. The van der Waals surface area contributed by atoms with E-state index in [4.69, 9.17) is 4.52 Å². The third-order valence-corrected chi connectivity index (χ3v) is 11.7. The Kier molecular flexibility index (Phi) is 6.08. The Morgan fingerprint density at radius 3 is 1.47 bits per heavy atom. The van der Waals surface area contributed by atoms with Crippen molar-refractivity contribution in [1.82, 2.24) is 0 Å². The summed E-state index contributed by atoms with van der Waals surface area (Å²) in [5, 5.41) is 3.08. The van der Waals surface area contributed by atoms with Gasteiger partial charge in [0, 0.05) is 0 Å². The molecule has 0 radical (unpaired) electrons. The topological polar surface area (TPSA) is 26.3 Å². The zero-order valence-electron chi connectivity index (χ0n) is 18.2. The van der Waals surface area contributed by atoms with Crippen molar-refractivity contribution in [2.75, 3.05) is 0 Å². The molecule has 0 atom stereocenters. The zero-order valence-corrected chi connectivity index (χ0v) is 19.1. The first-order valence-corrected chi connectivity index (χ1v) is 13.0. The van der Waals surface area contributed by atoms with E-state index in [1.807, 2.05) is 60.7 Å². The Hall–Kier alpha value is -3.48. The summed E-state index contributed by atoms with van der Waals surface area (Å²) in [6.45, 7) is 1.68. The van der Waals surface area contributed by atoms with Gasteiger partial charge in [0.05, 0.1) is 0 Å². The maximum atomic E-state index is 12.9. The molecule has 32 heavy (non-hydrogen) atoms. The van der Waals surface area contributed by atoms with Gasteiger partial charge in [-0.05, 0) is 0 Å². The van der Waals surface area contributed by atoms with Crippen molar-refractivity contribution < 1.29 is 9.32 Å². The van der Waals surface area contributed by atoms with Crippen LogP contribution in [0.5, 0.6) is 0 Å². The first-order valence-electron chi connectivity index (χ1n) is 10.7. The van der Waals surface area contributed by atoms with Crippen LogP contribution < -0.4 is 15.9 Å². The SMILES string of the molecule is C=Cc1ccc(CP(OC(C)=O)(c2ccccc2)(c2ccccc2)c2ccccc2)cc1.